The molecule has 2 N–H and O–H groups in total. The second-order valence-electron chi connectivity index (χ2n) is 4.05. The molecular weight excluding hydrogens is 156 g/mol. The van der Waals surface area contributed by atoms with Crippen molar-refractivity contribution >= 4 is 6.09 Å². The quantitative estimate of drug-likeness (QED) is 0.533. The number of rotatable bonds is 0. The molecule has 12 heavy (non-hydrogen) atoms. The van der Waals surface area contributed by atoms with Gasteiger partial charge in [-0.3, -0.25) is 4.90 Å². The molecule has 1 amide bonds. The molecule has 4 unspecified atom stereocenters. The maximum Gasteiger partial charge on any atom is 0.407 e. The first kappa shape index (κ1) is 6.71. The summed E-state index contributed by atoms with van der Waals surface area (Å²) < 4.78 is 0. The standard InChI is InChI=1S/C8H12N2O2/c11-8(12)10-6-2-9-3-7(10)5-1-4(5)6/h4-7,9H,1-3H2,(H,11,12). The first-order chi connectivity index (χ1) is 5.79. The summed E-state index contributed by atoms with van der Waals surface area (Å²) >= 11 is 0. The van der Waals surface area contributed by atoms with Gasteiger partial charge in [-0.2, -0.15) is 0 Å². The fraction of sp³-hybridized carbons (Fsp3) is 0.875. The van der Waals surface area contributed by atoms with Crippen molar-refractivity contribution in [2.24, 2.45) is 11.8 Å². The molecule has 2 saturated heterocycles. The smallest absolute Gasteiger partial charge is 0.407 e. The number of amides is 1. The van der Waals surface area contributed by atoms with Gasteiger partial charge in [0.2, 0.25) is 0 Å². The number of carboxylic acid groups (broad SMARTS) is 1. The van der Waals surface area contributed by atoms with Crippen molar-refractivity contribution in [2.75, 3.05) is 13.1 Å². The van der Waals surface area contributed by atoms with E-state index < -0.39 is 6.09 Å². The fourth-order valence-corrected chi connectivity index (χ4v) is 2.94. The number of carbonyl (C=O) groups is 1. The van der Waals surface area contributed by atoms with Crippen molar-refractivity contribution < 1.29 is 9.90 Å². The molecular formula is C8H12N2O2. The van der Waals surface area contributed by atoms with E-state index in [4.69, 9.17) is 5.11 Å². The molecule has 0 radical (unpaired) electrons. The first-order valence-electron chi connectivity index (χ1n) is 4.51. The lowest BCUT2D eigenvalue weighted by Crippen LogP contribution is -2.56. The van der Waals surface area contributed by atoms with E-state index in [-0.39, 0.29) is 12.1 Å². The van der Waals surface area contributed by atoms with Crippen molar-refractivity contribution in [3.8, 4) is 0 Å². The average Bonchev–Trinajstić information content (AvgIpc) is 2.77. The molecule has 66 valence electrons. The molecule has 4 heteroatoms. The van der Waals surface area contributed by atoms with Crippen LogP contribution in [0, 0.1) is 11.8 Å². The molecule has 0 aromatic carbocycles. The predicted molar refractivity (Wildman–Crippen MR) is 41.9 cm³/mol. The van der Waals surface area contributed by atoms with E-state index in [0.717, 1.165) is 13.1 Å². The van der Waals surface area contributed by atoms with Gasteiger partial charge in [0.1, 0.15) is 0 Å². The van der Waals surface area contributed by atoms with Crippen molar-refractivity contribution in [3.05, 3.63) is 0 Å². The van der Waals surface area contributed by atoms with Gasteiger partial charge in [0.15, 0.2) is 0 Å². The van der Waals surface area contributed by atoms with Crippen molar-refractivity contribution in [1.82, 2.24) is 10.2 Å². The van der Waals surface area contributed by atoms with Crippen LogP contribution in [0.2, 0.25) is 0 Å². The normalized spacial score (nSPS) is 48.8. The number of piperazine rings is 1. The third-order valence-electron chi connectivity index (χ3n) is 3.52. The molecule has 0 spiro atoms. The first-order valence-corrected chi connectivity index (χ1v) is 4.51. The predicted octanol–water partition coefficient (Wildman–Crippen LogP) is -0.0435. The van der Waals surface area contributed by atoms with Crippen LogP contribution in [0.25, 0.3) is 0 Å². The van der Waals surface area contributed by atoms with Crippen LogP contribution in [0.4, 0.5) is 4.79 Å². The zero-order valence-corrected chi connectivity index (χ0v) is 6.73. The zero-order chi connectivity index (χ0) is 8.29. The summed E-state index contributed by atoms with van der Waals surface area (Å²) in [5, 5.41) is 12.2. The van der Waals surface area contributed by atoms with Gasteiger partial charge in [-0.1, -0.05) is 0 Å². The Balaban J connectivity index is 1.92. The number of nitrogens with one attached hydrogen (secondary N) is 1. The third-order valence-corrected chi connectivity index (χ3v) is 3.52. The Morgan fingerprint density at radius 2 is 1.92 bits per heavy atom. The minimum atomic E-state index is -0.723. The molecule has 0 aromatic heterocycles. The lowest BCUT2D eigenvalue weighted by molar-refractivity contribution is 0.0935. The van der Waals surface area contributed by atoms with Crippen LogP contribution in [-0.4, -0.2) is 41.3 Å². The van der Waals surface area contributed by atoms with Gasteiger partial charge in [-0.05, 0) is 18.3 Å². The number of piperidine rings is 1. The maximum atomic E-state index is 10.9. The van der Waals surface area contributed by atoms with E-state index in [1.54, 1.807) is 4.90 Å². The number of fused-ring (bicyclic) bond motifs is 5. The van der Waals surface area contributed by atoms with Gasteiger partial charge >= 0.3 is 6.09 Å². The lowest BCUT2D eigenvalue weighted by Gasteiger charge is -2.35. The molecule has 2 heterocycles. The molecule has 2 aliphatic heterocycles. The molecule has 1 aliphatic carbocycles. The van der Waals surface area contributed by atoms with E-state index in [2.05, 4.69) is 5.32 Å². The minimum Gasteiger partial charge on any atom is -0.465 e. The highest BCUT2D eigenvalue weighted by atomic mass is 16.4. The van der Waals surface area contributed by atoms with Gasteiger partial charge in [-0.15, -0.1) is 0 Å². The summed E-state index contributed by atoms with van der Waals surface area (Å²) in [5.41, 5.74) is 0. The van der Waals surface area contributed by atoms with Crippen LogP contribution < -0.4 is 5.32 Å². The molecule has 4 atom stereocenters. The Bertz CT molecular complexity index is 227. The molecule has 3 aliphatic rings. The number of hydrogen-bond acceptors (Lipinski definition) is 2. The molecule has 3 rings (SSSR count). The second-order valence-corrected chi connectivity index (χ2v) is 4.05. The summed E-state index contributed by atoms with van der Waals surface area (Å²) in [6.07, 6.45) is 0.541. The third kappa shape index (κ3) is 0.641. The Kier molecular flexibility index (Phi) is 1.08. The number of hydrogen-bond donors (Lipinski definition) is 2. The van der Waals surface area contributed by atoms with Crippen molar-refractivity contribution in [2.45, 2.75) is 18.5 Å². The molecule has 0 aromatic rings. The summed E-state index contributed by atoms with van der Waals surface area (Å²) in [7, 11) is 0. The average molecular weight is 168 g/mol. The van der Waals surface area contributed by atoms with E-state index >= 15 is 0 Å². The lowest BCUT2D eigenvalue weighted by atomic mass is 10.1. The van der Waals surface area contributed by atoms with Gasteiger partial charge in [-0.25, -0.2) is 4.79 Å². The van der Waals surface area contributed by atoms with Gasteiger partial charge in [0.25, 0.3) is 0 Å². The Labute approximate surface area is 70.5 Å². The van der Waals surface area contributed by atoms with Crippen LogP contribution in [0.5, 0.6) is 0 Å². The highest BCUT2D eigenvalue weighted by Crippen LogP contribution is 2.54. The molecule has 2 bridgehead atoms. The fourth-order valence-electron chi connectivity index (χ4n) is 2.94. The second kappa shape index (κ2) is 1.93. The summed E-state index contributed by atoms with van der Waals surface area (Å²) in [5.74, 6) is 1.36. The largest absolute Gasteiger partial charge is 0.465 e. The molecule has 3 fully saturated rings. The monoisotopic (exact) mass is 168 g/mol. The van der Waals surface area contributed by atoms with E-state index in [1.165, 1.54) is 6.42 Å². The Hall–Kier alpha value is -0.770. The van der Waals surface area contributed by atoms with Crippen LogP contribution in [0.1, 0.15) is 6.42 Å². The maximum absolute atomic E-state index is 10.9. The van der Waals surface area contributed by atoms with Gasteiger partial charge in [0, 0.05) is 13.1 Å². The Morgan fingerprint density at radius 3 is 2.33 bits per heavy atom. The number of nitrogens with zero attached hydrogens (tertiary/aromatic N) is 1. The van der Waals surface area contributed by atoms with Gasteiger partial charge < -0.3 is 10.4 Å². The molecule has 4 nitrogen and oxygen atoms in total. The topological polar surface area (TPSA) is 52.6 Å². The SMILES string of the molecule is O=C(O)N1C2CNCC1C1CC12. The minimum absolute atomic E-state index is 0.284. The summed E-state index contributed by atoms with van der Waals surface area (Å²) in [6.45, 7) is 1.73. The van der Waals surface area contributed by atoms with Crippen LogP contribution in [0.3, 0.4) is 0 Å². The van der Waals surface area contributed by atoms with E-state index in [1.807, 2.05) is 0 Å². The van der Waals surface area contributed by atoms with E-state index in [0.29, 0.717) is 11.8 Å². The highest BCUT2D eigenvalue weighted by Gasteiger charge is 2.61. The van der Waals surface area contributed by atoms with Crippen LogP contribution in [0.15, 0.2) is 0 Å². The van der Waals surface area contributed by atoms with Crippen LogP contribution >= 0.6 is 0 Å². The van der Waals surface area contributed by atoms with Crippen molar-refractivity contribution in [3.63, 3.8) is 0 Å². The van der Waals surface area contributed by atoms with E-state index in [9.17, 15) is 4.79 Å². The van der Waals surface area contributed by atoms with Crippen molar-refractivity contribution in [1.29, 1.82) is 0 Å². The summed E-state index contributed by atoms with van der Waals surface area (Å²) in [4.78, 5) is 12.6. The Morgan fingerprint density at radius 1 is 1.33 bits per heavy atom. The van der Waals surface area contributed by atoms with Crippen LogP contribution in [-0.2, 0) is 0 Å². The highest BCUT2D eigenvalue weighted by molar-refractivity contribution is 5.67. The zero-order valence-electron chi connectivity index (χ0n) is 6.73. The molecule has 1 saturated carbocycles. The van der Waals surface area contributed by atoms with Gasteiger partial charge in [0.05, 0.1) is 12.1 Å². The summed E-state index contributed by atoms with van der Waals surface area (Å²) in [6, 6.07) is 0.567.